The molecule has 1 N–H and O–H groups in total. The number of rotatable bonds is 8. The first-order chi connectivity index (χ1) is 14.5. The maximum atomic E-state index is 12.4. The molecule has 6 heteroatoms. The van der Waals surface area contributed by atoms with Gasteiger partial charge in [0.25, 0.3) is 0 Å². The van der Waals surface area contributed by atoms with E-state index in [1.54, 1.807) is 11.0 Å². The molecule has 156 valence electrons. The number of likely N-dealkylation sites (tertiary alicyclic amines) is 1. The molecule has 30 heavy (non-hydrogen) atoms. The van der Waals surface area contributed by atoms with E-state index in [2.05, 4.69) is 6.58 Å². The molecular formula is C24H27N3O3. The first-order valence-corrected chi connectivity index (χ1v) is 10.3. The molecule has 1 aliphatic rings. The van der Waals surface area contributed by atoms with Gasteiger partial charge in [0.1, 0.15) is 24.3 Å². The highest BCUT2D eigenvalue weighted by atomic mass is 16.5. The molecule has 4 rings (SSSR count). The number of amides is 1. The lowest BCUT2D eigenvalue weighted by atomic mass is 10.1. The minimum atomic E-state index is -0.705. The van der Waals surface area contributed by atoms with Crippen molar-refractivity contribution in [3.8, 4) is 5.75 Å². The van der Waals surface area contributed by atoms with E-state index in [9.17, 15) is 9.90 Å². The van der Waals surface area contributed by atoms with Crippen molar-refractivity contribution in [2.45, 2.75) is 31.9 Å². The van der Waals surface area contributed by atoms with E-state index in [0.717, 1.165) is 28.2 Å². The van der Waals surface area contributed by atoms with Crippen molar-refractivity contribution in [3.63, 3.8) is 0 Å². The number of hydrogen-bond donors (Lipinski definition) is 1. The molecule has 3 aromatic rings. The van der Waals surface area contributed by atoms with Gasteiger partial charge in [-0.1, -0.05) is 35.9 Å². The molecule has 6 nitrogen and oxygen atoms in total. The SMILES string of the molecule is C=CCN1C[C@H](c2nc3ccccc3n2C[C@H](O)COc2ccc(C)cc2)CC1=O. The van der Waals surface area contributed by atoms with Crippen LogP contribution in [0.15, 0.2) is 61.2 Å². The van der Waals surface area contributed by atoms with Crippen molar-refractivity contribution in [3.05, 3.63) is 72.6 Å². The molecule has 1 aliphatic heterocycles. The van der Waals surface area contributed by atoms with Gasteiger partial charge in [-0.15, -0.1) is 6.58 Å². The van der Waals surface area contributed by atoms with Crippen LogP contribution >= 0.6 is 0 Å². The predicted octanol–water partition coefficient (Wildman–Crippen LogP) is 3.29. The third-order valence-electron chi connectivity index (χ3n) is 5.47. The summed E-state index contributed by atoms with van der Waals surface area (Å²) in [6.45, 7) is 7.45. The van der Waals surface area contributed by atoms with Crippen LogP contribution in [0, 0.1) is 6.92 Å². The molecule has 0 saturated carbocycles. The minimum absolute atomic E-state index is 0.00457. The fraction of sp³-hybridized carbons (Fsp3) is 0.333. The zero-order valence-corrected chi connectivity index (χ0v) is 17.2. The standard InChI is InChI=1S/C24H27N3O3/c1-3-12-26-14-18(13-23(26)29)24-25-21-6-4-5-7-22(21)27(24)15-19(28)16-30-20-10-8-17(2)9-11-20/h3-11,18-19,28H,1,12-16H2,2H3/t18-,19+/m1/s1. The molecule has 1 fully saturated rings. The van der Waals surface area contributed by atoms with Gasteiger partial charge in [0, 0.05) is 25.4 Å². The number of aryl methyl sites for hydroxylation is 1. The van der Waals surface area contributed by atoms with Gasteiger partial charge in [0.05, 0.1) is 17.6 Å². The topological polar surface area (TPSA) is 67.6 Å². The largest absolute Gasteiger partial charge is 0.491 e. The summed E-state index contributed by atoms with van der Waals surface area (Å²) in [5, 5.41) is 10.7. The number of benzene rings is 2. The van der Waals surface area contributed by atoms with E-state index >= 15 is 0 Å². The van der Waals surface area contributed by atoms with Crippen molar-refractivity contribution in [2.24, 2.45) is 0 Å². The molecule has 2 aromatic carbocycles. The van der Waals surface area contributed by atoms with Crippen LogP contribution in [-0.2, 0) is 11.3 Å². The van der Waals surface area contributed by atoms with Crippen LogP contribution in [0.3, 0.4) is 0 Å². The van der Waals surface area contributed by atoms with Gasteiger partial charge >= 0.3 is 0 Å². The number of fused-ring (bicyclic) bond motifs is 1. The van der Waals surface area contributed by atoms with Gasteiger partial charge in [0.15, 0.2) is 0 Å². The Kier molecular flexibility index (Phi) is 5.86. The van der Waals surface area contributed by atoms with E-state index in [0.29, 0.717) is 26.1 Å². The normalized spacial score (nSPS) is 17.5. The van der Waals surface area contributed by atoms with Crippen molar-refractivity contribution in [1.29, 1.82) is 0 Å². The first-order valence-electron chi connectivity index (χ1n) is 10.3. The number of aliphatic hydroxyl groups excluding tert-OH is 1. The molecule has 0 unspecified atom stereocenters. The molecule has 0 bridgehead atoms. The second-order valence-electron chi connectivity index (χ2n) is 7.84. The van der Waals surface area contributed by atoms with Gasteiger partial charge in [0.2, 0.25) is 5.91 Å². The van der Waals surface area contributed by atoms with Crippen LogP contribution in [0.4, 0.5) is 0 Å². The molecular weight excluding hydrogens is 378 g/mol. The fourth-order valence-corrected chi connectivity index (χ4v) is 3.97. The number of carbonyl (C=O) groups is 1. The van der Waals surface area contributed by atoms with Gasteiger partial charge in [-0.25, -0.2) is 4.98 Å². The number of aromatic nitrogens is 2. The second-order valence-corrected chi connectivity index (χ2v) is 7.84. The average molecular weight is 405 g/mol. The van der Waals surface area contributed by atoms with Crippen molar-refractivity contribution < 1.29 is 14.6 Å². The van der Waals surface area contributed by atoms with Crippen LogP contribution in [0.1, 0.15) is 23.7 Å². The molecule has 1 amide bonds. The highest BCUT2D eigenvalue weighted by molar-refractivity contribution is 5.81. The Morgan fingerprint density at radius 1 is 1.27 bits per heavy atom. The van der Waals surface area contributed by atoms with Crippen molar-refractivity contribution in [2.75, 3.05) is 19.7 Å². The number of nitrogens with zero attached hydrogens (tertiary/aromatic N) is 3. The summed E-state index contributed by atoms with van der Waals surface area (Å²) in [6.07, 6.45) is 1.46. The van der Waals surface area contributed by atoms with E-state index in [-0.39, 0.29) is 18.4 Å². The van der Waals surface area contributed by atoms with E-state index in [4.69, 9.17) is 9.72 Å². The van der Waals surface area contributed by atoms with Crippen LogP contribution in [0.5, 0.6) is 5.75 Å². The fourth-order valence-electron chi connectivity index (χ4n) is 3.97. The third kappa shape index (κ3) is 4.24. The predicted molar refractivity (Wildman–Crippen MR) is 117 cm³/mol. The number of hydrogen-bond acceptors (Lipinski definition) is 4. The average Bonchev–Trinajstić information content (AvgIpc) is 3.29. The van der Waals surface area contributed by atoms with Crippen molar-refractivity contribution >= 4 is 16.9 Å². The lowest BCUT2D eigenvalue weighted by Crippen LogP contribution is -2.26. The van der Waals surface area contributed by atoms with E-state index in [1.807, 2.05) is 60.0 Å². The van der Waals surface area contributed by atoms with Gasteiger partial charge in [-0.3, -0.25) is 4.79 Å². The molecule has 0 aliphatic carbocycles. The number of ether oxygens (including phenoxy) is 1. The molecule has 2 atom stereocenters. The Balaban J connectivity index is 1.53. The summed E-state index contributed by atoms with van der Waals surface area (Å²) < 4.78 is 7.79. The van der Waals surface area contributed by atoms with Crippen LogP contribution in [0.2, 0.25) is 0 Å². The number of imidazole rings is 1. The highest BCUT2D eigenvalue weighted by Gasteiger charge is 2.33. The number of aliphatic hydroxyl groups is 1. The summed E-state index contributed by atoms with van der Waals surface area (Å²) in [4.78, 5) is 19.0. The Labute approximate surface area is 176 Å². The molecule has 2 heterocycles. The monoisotopic (exact) mass is 405 g/mol. The Bertz CT molecular complexity index is 1040. The Hall–Kier alpha value is -3.12. The molecule has 1 saturated heterocycles. The van der Waals surface area contributed by atoms with Gasteiger partial charge in [-0.05, 0) is 31.2 Å². The molecule has 0 spiro atoms. The summed E-state index contributed by atoms with van der Waals surface area (Å²) >= 11 is 0. The molecule has 1 aromatic heterocycles. The second kappa shape index (κ2) is 8.71. The summed E-state index contributed by atoms with van der Waals surface area (Å²) in [7, 11) is 0. The minimum Gasteiger partial charge on any atom is -0.491 e. The number of para-hydroxylation sites is 2. The van der Waals surface area contributed by atoms with Gasteiger partial charge < -0.3 is 19.3 Å². The third-order valence-corrected chi connectivity index (χ3v) is 5.47. The summed E-state index contributed by atoms with van der Waals surface area (Å²) in [5.41, 5.74) is 2.99. The Morgan fingerprint density at radius 3 is 2.80 bits per heavy atom. The first kappa shape index (κ1) is 20.2. The van der Waals surface area contributed by atoms with E-state index in [1.165, 1.54) is 0 Å². The quantitative estimate of drug-likeness (QED) is 0.584. The maximum Gasteiger partial charge on any atom is 0.223 e. The Morgan fingerprint density at radius 2 is 2.03 bits per heavy atom. The van der Waals surface area contributed by atoms with Crippen molar-refractivity contribution in [1.82, 2.24) is 14.5 Å². The molecule has 0 radical (unpaired) electrons. The zero-order chi connectivity index (χ0) is 21.1. The van der Waals surface area contributed by atoms with Gasteiger partial charge in [-0.2, -0.15) is 0 Å². The smallest absolute Gasteiger partial charge is 0.223 e. The summed E-state index contributed by atoms with van der Waals surface area (Å²) in [5.74, 6) is 1.68. The zero-order valence-electron chi connectivity index (χ0n) is 17.2. The number of carbonyl (C=O) groups excluding carboxylic acids is 1. The summed E-state index contributed by atoms with van der Waals surface area (Å²) in [6, 6.07) is 15.6. The highest BCUT2D eigenvalue weighted by Crippen LogP contribution is 2.30. The van der Waals surface area contributed by atoms with Crippen LogP contribution < -0.4 is 4.74 Å². The maximum absolute atomic E-state index is 12.4. The lowest BCUT2D eigenvalue weighted by molar-refractivity contribution is -0.127. The van der Waals surface area contributed by atoms with E-state index < -0.39 is 6.10 Å². The van der Waals surface area contributed by atoms with Crippen LogP contribution in [-0.4, -0.2) is 51.3 Å². The van der Waals surface area contributed by atoms with Crippen LogP contribution in [0.25, 0.3) is 11.0 Å². The lowest BCUT2D eigenvalue weighted by Gasteiger charge is -2.18.